The molecule has 0 heterocycles. The fraction of sp³-hybridized carbons (Fsp3) is 0.182. The number of ether oxygens (including phenoxy) is 1. The highest BCUT2D eigenvalue weighted by atomic mass is 19.1. The summed E-state index contributed by atoms with van der Waals surface area (Å²) in [5.74, 6) is -3.10. The lowest BCUT2D eigenvalue weighted by Crippen LogP contribution is -2.40. The number of carboxylic acid groups (broad SMARTS) is 1. The molecule has 8 heteroatoms. The van der Waals surface area contributed by atoms with E-state index in [0.717, 1.165) is 18.2 Å². The molecule has 0 aliphatic rings. The molecule has 0 saturated heterocycles. The number of aromatic carboxylic acids is 1. The van der Waals surface area contributed by atoms with Gasteiger partial charge in [0, 0.05) is 13.1 Å². The number of urea groups is 1. The minimum atomic E-state index is -1.32. The first kappa shape index (κ1) is 14.4. The molecule has 0 unspecified atom stereocenters. The van der Waals surface area contributed by atoms with Gasteiger partial charge in [-0.25, -0.2) is 14.0 Å². The highest BCUT2D eigenvalue weighted by Gasteiger charge is 2.14. The Bertz CT molecular complexity index is 518. The van der Waals surface area contributed by atoms with E-state index in [1.807, 2.05) is 5.32 Å². The van der Waals surface area contributed by atoms with E-state index in [4.69, 9.17) is 9.84 Å². The van der Waals surface area contributed by atoms with Crippen molar-refractivity contribution in [2.24, 2.45) is 0 Å². The Hall–Kier alpha value is -2.64. The molecule has 19 heavy (non-hydrogen) atoms. The van der Waals surface area contributed by atoms with Gasteiger partial charge in [-0.05, 0) is 12.1 Å². The largest absolute Gasteiger partial charge is 0.483 e. The van der Waals surface area contributed by atoms with Gasteiger partial charge in [0.05, 0.1) is 0 Å². The zero-order chi connectivity index (χ0) is 14.4. The normalized spacial score (nSPS) is 9.58. The minimum absolute atomic E-state index is 0.283. The lowest BCUT2D eigenvalue weighted by molar-refractivity contribution is -0.122. The van der Waals surface area contributed by atoms with E-state index in [9.17, 15) is 18.8 Å². The van der Waals surface area contributed by atoms with Crippen LogP contribution in [-0.4, -0.2) is 36.7 Å². The van der Waals surface area contributed by atoms with Gasteiger partial charge in [0.2, 0.25) is 0 Å². The zero-order valence-corrected chi connectivity index (χ0v) is 9.90. The molecule has 0 bridgehead atoms. The Labute approximate surface area is 107 Å². The summed E-state index contributed by atoms with van der Waals surface area (Å²) in [4.78, 5) is 32.9. The van der Waals surface area contributed by atoms with Crippen LogP contribution in [0.3, 0.4) is 0 Å². The number of amides is 3. The van der Waals surface area contributed by atoms with Crippen molar-refractivity contribution >= 4 is 17.9 Å². The van der Waals surface area contributed by atoms with Gasteiger partial charge in [-0.1, -0.05) is 0 Å². The summed E-state index contributed by atoms with van der Waals surface area (Å²) < 4.78 is 17.8. The first-order valence-corrected chi connectivity index (χ1v) is 5.11. The van der Waals surface area contributed by atoms with Crippen LogP contribution in [0, 0.1) is 5.82 Å². The molecule has 0 fully saturated rings. The van der Waals surface area contributed by atoms with Crippen molar-refractivity contribution < 1.29 is 28.6 Å². The maximum absolute atomic E-state index is 13.0. The molecule has 0 aliphatic heterocycles. The third kappa shape index (κ3) is 4.26. The van der Waals surface area contributed by atoms with E-state index >= 15 is 0 Å². The molecular formula is C11H11FN2O5. The molecule has 3 N–H and O–H groups in total. The van der Waals surface area contributed by atoms with Gasteiger partial charge in [0.15, 0.2) is 6.61 Å². The fourth-order valence-electron chi connectivity index (χ4n) is 1.16. The van der Waals surface area contributed by atoms with Crippen molar-refractivity contribution in [2.45, 2.75) is 0 Å². The molecule has 0 aliphatic carbocycles. The third-order valence-corrected chi connectivity index (χ3v) is 2.01. The number of imide groups is 1. The maximum atomic E-state index is 13.0. The lowest BCUT2D eigenvalue weighted by Gasteiger charge is -2.09. The van der Waals surface area contributed by atoms with E-state index in [0.29, 0.717) is 0 Å². The number of nitrogens with one attached hydrogen (secondary N) is 2. The molecule has 1 rings (SSSR count). The molecule has 1 aromatic carbocycles. The molecule has 0 radical (unpaired) electrons. The number of benzene rings is 1. The Morgan fingerprint density at radius 2 is 2.05 bits per heavy atom. The van der Waals surface area contributed by atoms with Crippen LogP contribution < -0.4 is 15.4 Å². The second-order valence-corrected chi connectivity index (χ2v) is 3.36. The van der Waals surface area contributed by atoms with Crippen LogP contribution in [0.5, 0.6) is 5.75 Å². The summed E-state index contributed by atoms with van der Waals surface area (Å²) in [7, 11) is 1.32. The minimum Gasteiger partial charge on any atom is -0.483 e. The van der Waals surface area contributed by atoms with E-state index in [1.54, 1.807) is 0 Å². The summed E-state index contributed by atoms with van der Waals surface area (Å²) in [6.07, 6.45) is 0. The van der Waals surface area contributed by atoms with Crippen molar-refractivity contribution in [3.63, 3.8) is 0 Å². The smallest absolute Gasteiger partial charge is 0.339 e. The Morgan fingerprint density at radius 1 is 1.37 bits per heavy atom. The van der Waals surface area contributed by atoms with Crippen LogP contribution in [-0.2, 0) is 4.79 Å². The Kier molecular flexibility index (Phi) is 4.81. The Morgan fingerprint density at radius 3 is 2.63 bits per heavy atom. The van der Waals surface area contributed by atoms with Crippen molar-refractivity contribution in [2.75, 3.05) is 13.7 Å². The second kappa shape index (κ2) is 6.34. The maximum Gasteiger partial charge on any atom is 0.339 e. The second-order valence-electron chi connectivity index (χ2n) is 3.36. The molecular weight excluding hydrogens is 259 g/mol. The number of hydrogen-bond donors (Lipinski definition) is 3. The van der Waals surface area contributed by atoms with E-state index in [-0.39, 0.29) is 11.3 Å². The van der Waals surface area contributed by atoms with Crippen LogP contribution in [0.25, 0.3) is 0 Å². The Balaban J connectivity index is 2.72. The predicted molar refractivity (Wildman–Crippen MR) is 61.5 cm³/mol. The monoisotopic (exact) mass is 270 g/mol. The first-order chi connectivity index (χ1) is 8.93. The van der Waals surface area contributed by atoms with Gasteiger partial charge >= 0.3 is 12.0 Å². The third-order valence-electron chi connectivity index (χ3n) is 2.01. The standard InChI is InChI=1S/C11H11FN2O5/c1-13-11(18)14-9(15)5-19-8-4-6(12)2-3-7(8)10(16)17/h2-4H,5H2,1H3,(H,16,17)(H2,13,14,15,18). The lowest BCUT2D eigenvalue weighted by atomic mass is 10.2. The van der Waals surface area contributed by atoms with Crippen LogP contribution in [0.15, 0.2) is 18.2 Å². The zero-order valence-electron chi connectivity index (χ0n) is 9.90. The fourth-order valence-corrected chi connectivity index (χ4v) is 1.16. The van der Waals surface area contributed by atoms with Gasteiger partial charge < -0.3 is 15.2 Å². The van der Waals surface area contributed by atoms with E-state index in [2.05, 4.69) is 5.32 Å². The van der Waals surface area contributed by atoms with Gasteiger partial charge in [-0.3, -0.25) is 10.1 Å². The number of rotatable bonds is 4. The molecule has 3 amide bonds. The van der Waals surface area contributed by atoms with Gasteiger partial charge in [-0.15, -0.1) is 0 Å². The van der Waals surface area contributed by atoms with E-state index in [1.165, 1.54) is 7.05 Å². The summed E-state index contributed by atoms with van der Waals surface area (Å²) in [5.41, 5.74) is -0.283. The number of halogens is 1. The van der Waals surface area contributed by atoms with Crippen molar-refractivity contribution in [3.8, 4) is 5.75 Å². The van der Waals surface area contributed by atoms with Crippen molar-refractivity contribution in [3.05, 3.63) is 29.6 Å². The summed E-state index contributed by atoms with van der Waals surface area (Å²) in [6, 6.07) is 2.09. The average Bonchev–Trinajstić information content (AvgIpc) is 2.35. The molecule has 102 valence electrons. The van der Waals surface area contributed by atoms with Gasteiger partial charge in [0.25, 0.3) is 5.91 Å². The topological polar surface area (TPSA) is 105 Å². The average molecular weight is 270 g/mol. The first-order valence-electron chi connectivity index (χ1n) is 5.11. The predicted octanol–water partition coefficient (Wildman–Crippen LogP) is 0.358. The highest BCUT2D eigenvalue weighted by molar-refractivity contribution is 5.95. The quantitative estimate of drug-likeness (QED) is 0.732. The highest BCUT2D eigenvalue weighted by Crippen LogP contribution is 2.19. The van der Waals surface area contributed by atoms with Crippen molar-refractivity contribution in [1.29, 1.82) is 0 Å². The van der Waals surface area contributed by atoms with E-state index < -0.39 is 30.3 Å². The molecule has 0 spiro atoms. The molecule has 7 nitrogen and oxygen atoms in total. The number of carboxylic acids is 1. The number of carbonyl (C=O) groups is 3. The van der Waals surface area contributed by atoms with Crippen LogP contribution >= 0.6 is 0 Å². The molecule has 0 aromatic heterocycles. The number of hydrogen-bond acceptors (Lipinski definition) is 4. The van der Waals surface area contributed by atoms with Crippen LogP contribution in [0.2, 0.25) is 0 Å². The molecule has 0 atom stereocenters. The van der Waals surface area contributed by atoms with Crippen molar-refractivity contribution in [1.82, 2.24) is 10.6 Å². The van der Waals surface area contributed by atoms with Gasteiger partial charge in [0.1, 0.15) is 17.1 Å². The van der Waals surface area contributed by atoms with Crippen LogP contribution in [0.4, 0.5) is 9.18 Å². The SMILES string of the molecule is CNC(=O)NC(=O)COc1cc(F)ccc1C(=O)O. The number of carbonyl (C=O) groups excluding carboxylic acids is 2. The van der Waals surface area contributed by atoms with Crippen LogP contribution in [0.1, 0.15) is 10.4 Å². The van der Waals surface area contributed by atoms with Gasteiger partial charge in [-0.2, -0.15) is 0 Å². The molecule has 0 saturated carbocycles. The summed E-state index contributed by atoms with van der Waals surface area (Å²) in [5, 5.41) is 12.9. The summed E-state index contributed by atoms with van der Waals surface area (Å²) >= 11 is 0. The molecule has 1 aromatic rings. The summed E-state index contributed by atoms with van der Waals surface area (Å²) in [6.45, 7) is -0.614.